The summed E-state index contributed by atoms with van der Waals surface area (Å²) in [6, 6.07) is 14.6. The van der Waals surface area contributed by atoms with E-state index >= 15 is 0 Å². The van der Waals surface area contributed by atoms with Gasteiger partial charge in [-0.1, -0.05) is 31.2 Å². The Morgan fingerprint density at radius 2 is 1.96 bits per heavy atom. The fourth-order valence-electron chi connectivity index (χ4n) is 3.17. The van der Waals surface area contributed by atoms with Gasteiger partial charge in [0, 0.05) is 13.1 Å². The van der Waals surface area contributed by atoms with Gasteiger partial charge in [0.2, 0.25) is 0 Å². The predicted molar refractivity (Wildman–Crippen MR) is 94.2 cm³/mol. The molecular formula is C20H25FN2O. The Bertz CT molecular complexity index is 674. The first-order valence-electron chi connectivity index (χ1n) is 8.45. The van der Waals surface area contributed by atoms with Crippen molar-refractivity contribution in [1.82, 2.24) is 4.90 Å². The Labute approximate surface area is 143 Å². The number of halogens is 1. The monoisotopic (exact) mass is 328 g/mol. The lowest BCUT2D eigenvalue weighted by atomic mass is 9.90. The third kappa shape index (κ3) is 4.34. The number of nitrogens with two attached hydrogens (primary N) is 1. The molecule has 1 aliphatic heterocycles. The summed E-state index contributed by atoms with van der Waals surface area (Å²) in [5, 5.41) is 0. The van der Waals surface area contributed by atoms with E-state index in [0.717, 1.165) is 43.9 Å². The van der Waals surface area contributed by atoms with Crippen LogP contribution in [0.5, 0.6) is 5.75 Å². The average Bonchev–Trinajstić information content (AvgIpc) is 2.96. The quantitative estimate of drug-likeness (QED) is 0.881. The van der Waals surface area contributed by atoms with Crippen LogP contribution in [0.3, 0.4) is 0 Å². The van der Waals surface area contributed by atoms with E-state index in [4.69, 9.17) is 10.5 Å². The first-order valence-corrected chi connectivity index (χ1v) is 8.45. The minimum atomic E-state index is -0.226. The molecule has 0 amide bonds. The second-order valence-corrected chi connectivity index (χ2v) is 7.04. The predicted octanol–water partition coefficient (Wildman–Crippen LogP) is 3.58. The lowest BCUT2D eigenvalue weighted by molar-refractivity contribution is 0.273. The summed E-state index contributed by atoms with van der Waals surface area (Å²) in [5.74, 6) is 0.619. The molecule has 1 fully saturated rings. The van der Waals surface area contributed by atoms with E-state index in [0.29, 0.717) is 6.61 Å². The van der Waals surface area contributed by atoms with Gasteiger partial charge in [0.1, 0.15) is 18.2 Å². The standard InChI is InChI=1S/C20H25FN2O/c1-20(14-22)9-10-23(15-20)12-17-3-2-4-19(11-17)24-13-16-5-7-18(21)8-6-16/h2-8,11H,9-10,12-15,22H2,1H3. The smallest absolute Gasteiger partial charge is 0.123 e. The minimum absolute atomic E-state index is 0.226. The number of hydrogen-bond donors (Lipinski definition) is 1. The van der Waals surface area contributed by atoms with Gasteiger partial charge in [-0.2, -0.15) is 0 Å². The molecule has 1 unspecified atom stereocenters. The molecule has 2 aromatic rings. The molecule has 4 heteroatoms. The van der Waals surface area contributed by atoms with Gasteiger partial charge in [0.25, 0.3) is 0 Å². The molecule has 0 saturated carbocycles. The zero-order chi connectivity index (χ0) is 17.0. The highest BCUT2D eigenvalue weighted by atomic mass is 19.1. The van der Waals surface area contributed by atoms with E-state index in [-0.39, 0.29) is 11.2 Å². The van der Waals surface area contributed by atoms with Gasteiger partial charge in [-0.15, -0.1) is 0 Å². The summed E-state index contributed by atoms with van der Waals surface area (Å²) in [7, 11) is 0. The van der Waals surface area contributed by atoms with Gasteiger partial charge in [-0.05, 0) is 60.3 Å². The van der Waals surface area contributed by atoms with Crippen molar-refractivity contribution in [2.45, 2.75) is 26.5 Å². The fourth-order valence-corrected chi connectivity index (χ4v) is 3.17. The Morgan fingerprint density at radius 3 is 2.67 bits per heavy atom. The maximum Gasteiger partial charge on any atom is 0.123 e. The topological polar surface area (TPSA) is 38.5 Å². The van der Waals surface area contributed by atoms with Gasteiger partial charge in [-0.25, -0.2) is 4.39 Å². The van der Waals surface area contributed by atoms with Gasteiger partial charge < -0.3 is 10.5 Å². The van der Waals surface area contributed by atoms with Crippen LogP contribution in [0, 0.1) is 11.2 Å². The van der Waals surface area contributed by atoms with Crippen LogP contribution < -0.4 is 10.5 Å². The summed E-state index contributed by atoms with van der Waals surface area (Å²) in [6.45, 7) is 6.50. The van der Waals surface area contributed by atoms with E-state index < -0.39 is 0 Å². The third-order valence-corrected chi connectivity index (χ3v) is 4.75. The lowest BCUT2D eigenvalue weighted by Crippen LogP contribution is -2.31. The van der Waals surface area contributed by atoms with Crippen molar-refractivity contribution in [3.63, 3.8) is 0 Å². The summed E-state index contributed by atoms with van der Waals surface area (Å²) in [5.41, 5.74) is 8.33. The Balaban J connectivity index is 1.57. The Morgan fingerprint density at radius 1 is 1.17 bits per heavy atom. The second kappa shape index (κ2) is 7.32. The number of hydrogen-bond acceptors (Lipinski definition) is 3. The molecule has 0 aromatic heterocycles. The van der Waals surface area contributed by atoms with Crippen LogP contribution in [-0.4, -0.2) is 24.5 Å². The number of benzene rings is 2. The zero-order valence-corrected chi connectivity index (χ0v) is 14.2. The molecule has 3 rings (SSSR count). The molecule has 1 heterocycles. The van der Waals surface area contributed by atoms with Crippen LogP contribution in [-0.2, 0) is 13.2 Å². The largest absolute Gasteiger partial charge is 0.489 e. The molecule has 2 N–H and O–H groups in total. The van der Waals surface area contributed by atoms with Crippen molar-refractivity contribution in [1.29, 1.82) is 0 Å². The summed E-state index contributed by atoms with van der Waals surface area (Å²) in [4.78, 5) is 2.45. The highest BCUT2D eigenvalue weighted by Crippen LogP contribution is 2.29. The average molecular weight is 328 g/mol. The highest BCUT2D eigenvalue weighted by Gasteiger charge is 2.32. The number of ether oxygens (including phenoxy) is 1. The van der Waals surface area contributed by atoms with Gasteiger partial charge >= 0.3 is 0 Å². The van der Waals surface area contributed by atoms with E-state index in [9.17, 15) is 4.39 Å². The minimum Gasteiger partial charge on any atom is -0.489 e. The van der Waals surface area contributed by atoms with E-state index in [1.807, 2.05) is 12.1 Å². The number of nitrogens with zero attached hydrogens (tertiary/aromatic N) is 1. The van der Waals surface area contributed by atoms with E-state index in [2.05, 4.69) is 24.0 Å². The molecule has 2 aromatic carbocycles. The van der Waals surface area contributed by atoms with Crippen molar-refractivity contribution in [2.24, 2.45) is 11.1 Å². The van der Waals surface area contributed by atoms with Crippen molar-refractivity contribution >= 4 is 0 Å². The normalized spacial score (nSPS) is 21.1. The van der Waals surface area contributed by atoms with E-state index in [1.54, 1.807) is 12.1 Å². The molecule has 0 bridgehead atoms. The number of rotatable bonds is 6. The lowest BCUT2D eigenvalue weighted by Gasteiger charge is -2.22. The maximum absolute atomic E-state index is 12.9. The Kier molecular flexibility index (Phi) is 5.17. The molecule has 128 valence electrons. The third-order valence-electron chi connectivity index (χ3n) is 4.75. The summed E-state index contributed by atoms with van der Waals surface area (Å²) in [6.07, 6.45) is 1.16. The summed E-state index contributed by atoms with van der Waals surface area (Å²) < 4.78 is 18.8. The molecule has 1 atom stereocenters. The molecule has 0 radical (unpaired) electrons. The molecule has 1 aliphatic rings. The molecule has 24 heavy (non-hydrogen) atoms. The van der Waals surface area contributed by atoms with Crippen LogP contribution in [0.2, 0.25) is 0 Å². The van der Waals surface area contributed by atoms with Crippen LogP contribution in [0.4, 0.5) is 4.39 Å². The second-order valence-electron chi connectivity index (χ2n) is 7.04. The van der Waals surface area contributed by atoms with Crippen LogP contribution in [0.25, 0.3) is 0 Å². The highest BCUT2D eigenvalue weighted by molar-refractivity contribution is 5.29. The van der Waals surface area contributed by atoms with Crippen molar-refractivity contribution in [2.75, 3.05) is 19.6 Å². The molecular weight excluding hydrogens is 303 g/mol. The van der Waals surface area contributed by atoms with Gasteiger partial charge in [0.05, 0.1) is 0 Å². The van der Waals surface area contributed by atoms with Crippen LogP contribution in [0.1, 0.15) is 24.5 Å². The first kappa shape index (κ1) is 16.9. The molecule has 0 aliphatic carbocycles. The SMILES string of the molecule is CC1(CN)CCN(Cc2cccc(OCc3ccc(F)cc3)c2)C1. The van der Waals surface area contributed by atoms with Gasteiger partial charge in [0.15, 0.2) is 0 Å². The maximum atomic E-state index is 12.9. The number of likely N-dealkylation sites (tertiary alicyclic amines) is 1. The zero-order valence-electron chi connectivity index (χ0n) is 14.2. The van der Waals surface area contributed by atoms with Crippen LogP contribution >= 0.6 is 0 Å². The van der Waals surface area contributed by atoms with Gasteiger partial charge in [-0.3, -0.25) is 4.90 Å². The van der Waals surface area contributed by atoms with Crippen molar-refractivity contribution in [3.8, 4) is 5.75 Å². The van der Waals surface area contributed by atoms with E-state index in [1.165, 1.54) is 17.7 Å². The molecule has 0 spiro atoms. The first-order chi connectivity index (χ1) is 11.6. The summed E-state index contributed by atoms with van der Waals surface area (Å²) >= 11 is 0. The van der Waals surface area contributed by atoms with Crippen molar-refractivity contribution < 1.29 is 9.13 Å². The van der Waals surface area contributed by atoms with Crippen molar-refractivity contribution in [3.05, 3.63) is 65.5 Å². The fraction of sp³-hybridized carbons (Fsp3) is 0.400. The molecule has 3 nitrogen and oxygen atoms in total. The Hall–Kier alpha value is -1.91. The van der Waals surface area contributed by atoms with Crippen LogP contribution in [0.15, 0.2) is 48.5 Å². The molecule has 1 saturated heterocycles.